The Morgan fingerprint density at radius 1 is 1.22 bits per heavy atom. The van der Waals surface area contributed by atoms with Crippen LogP contribution in [0.5, 0.6) is 5.88 Å². The highest BCUT2D eigenvalue weighted by Crippen LogP contribution is 2.36. The Morgan fingerprint density at radius 3 is 2.85 bits per heavy atom. The van der Waals surface area contributed by atoms with Crippen LogP contribution in [0.1, 0.15) is 34.5 Å². The van der Waals surface area contributed by atoms with Gasteiger partial charge < -0.3 is 9.64 Å². The van der Waals surface area contributed by atoms with Crippen molar-refractivity contribution < 1.29 is 9.53 Å². The molecule has 7 heteroatoms. The fraction of sp³-hybridized carbons (Fsp3) is 0.300. The van der Waals surface area contributed by atoms with E-state index in [0.717, 1.165) is 46.6 Å². The molecule has 3 aromatic rings. The predicted molar refractivity (Wildman–Crippen MR) is 98.8 cm³/mol. The lowest BCUT2D eigenvalue weighted by atomic mass is 10.0. The third kappa shape index (κ3) is 2.50. The van der Waals surface area contributed by atoms with Crippen LogP contribution in [0.4, 0.5) is 0 Å². The first kappa shape index (κ1) is 16.0. The van der Waals surface area contributed by atoms with Crippen LogP contribution in [0, 0.1) is 6.92 Å². The molecular formula is C20H19N5O2. The maximum Gasteiger partial charge on any atom is 0.254 e. The molecule has 136 valence electrons. The van der Waals surface area contributed by atoms with Crippen molar-refractivity contribution in [3.8, 4) is 22.8 Å². The predicted octanol–water partition coefficient (Wildman–Crippen LogP) is 2.76. The molecule has 0 radical (unpaired) electrons. The maximum absolute atomic E-state index is 12.5. The maximum atomic E-state index is 12.5. The van der Waals surface area contributed by atoms with Gasteiger partial charge in [0.2, 0.25) is 5.88 Å². The van der Waals surface area contributed by atoms with Crippen LogP contribution in [-0.4, -0.2) is 43.9 Å². The highest BCUT2D eigenvalue weighted by molar-refractivity contribution is 5.99. The number of benzene rings is 1. The molecule has 1 saturated carbocycles. The number of rotatable bonds is 4. The van der Waals surface area contributed by atoms with Crippen LogP contribution < -0.4 is 4.74 Å². The van der Waals surface area contributed by atoms with E-state index in [4.69, 9.17) is 4.74 Å². The second-order valence-corrected chi connectivity index (χ2v) is 7.00. The van der Waals surface area contributed by atoms with Gasteiger partial charge in [-0.05, 0) is 49.6 Å². The Kier molecular flexibility index (Phi) is 3.50. The third-order valence-corrected chi connectivity index (χ3v) is 5.27. The minimum atomic E-state index is 0.152. The molecule has 5 rings (SSSR count). The number of amides is 1. The van der Waals surface area contributed by atoms with Crippen molar-refractivity contribution in [2.75, 3.05) is 7.11 Å². The summed E-state index contributed by atoms with van der Waals surface area (Å²) in [7, 11) is 1.59. The average molecular weight is 361 g/mol. The minimum Gasteiger partial charge on any atom is -0.479 e. The van der Waals surface area contributed by atoms with E-state index in [9.17, 15) is 4.79 Å². The normalized spacial score (nSPS) is 15.9. The number of carbonyl (C=O) groups excluding carboxylic acids is 1. The SMILES string of the molecule is COc1ncccc1-n1nnc(-c2ccc3c(c2)CN(C2CC2)C3=O)c1C. The fourth-order valence-electron chi connectivity index (χ4n) is 3.70. The van der Waals surface area contributed by atoms with Gasteiger partial charge in [-0.25, -0.2) is 9.67 Å². The number of nitrogens with zero attached hydrogens (tertiary/aromatic N) is 5. The molecule has 0 bridgehead atoms. The Balaban J connectivity index is 1.53. The monoisotopic (exact) mass is 361 g/mol. The first-order valence-corrected chi connectivity index (χ1v) is 9.03. The summed E-state index contributed by atoms with van der Waals surface area (Å²) < 4.78 is 7.07. The molecule has 0 N–H and O–H groups in total. The van der Waals surface area contributed by atoms with Crippen molar-refractivity contribution in [3.05, 3.63) is 53.3 Å². The topological polar surface area (TPSA) is 73.1 Å². The number of aromatic nitrogens is 4. The molecule has 0 unspecified atom stereocenters. The number of ether oxygens (including phenoxy) is 1. The zero-order valence-electron chi connectivity index (χ0n) is 15.2. The lowest BCUT2D eigenvalue weighted by Gasteiger charge is -2.13. The van der Waals surface area contributed by atoms with E-state index >= 15 is 0 Å². The molecule has 2 aliphatic rings. The molecule has 0 atom stereocenters. The van der Waals surface area contributed by atoms with Gasteiger partial charge in [0, 0.05) is 29.9 Å². The standard InChI is InChI=1S/C20H19N5O2/c1-12-18(22-23-25(12)17-4-3-9-21-19(17)27-2)13-5-8-16-14(10-13)11-24(20(16)26)15-6-7-15/h3-5,8-10,15H,6-7,11H2,1-2H3. The van der Waals surface area contributed by atoms with Gasteiger partial charge in [-0.1, -0.05) is 11.3 Å². The Bertz CT molecular complexity index is 1050. The van der Waals surface area contributed by atoms with E-state index in [1.165, 1.54) is 0 Å². The molecule has 1 aliphatic heterocycles. The molecular weight excluding hydrogens is 342 g/mol. The number of hydrogen-bond acceptors (Lipinski definition) is 5. The van der Waals surface area contributed by atoms with Gasteiger partial charge in [-0.2, -0.15) is 0 Å². The Morgan fingerprint density at radius 2 is 2.07 bits per heavy atom. The molecule has 3 heterocycles. The Hall–Kier alpha value is -3.22. The van der Waals surface area contributed by atoms with Crippen LogP contribution in [-0.2, 0) is 6.54 Å². The number of fused-ring (bicyclic) bond motifs is 1. The van der Waals surface area contributed by atoms with Gasteiger partial charge in [0.05, 0.1) is 12.8 Å². The highest BCUT2D eigenvalue weighted by Gasteiger charge is 2.38. The summed E-state index contributed by atoms with van der Waals surface area (Å²) in [6.45, 7) is 2.66. The van der Waals surface area contributed by atoms with E-state index < -0.39 is 0 Å². The summed E-state index contributed by atoms with van der Waals surface area (Å²) in [6.07, 6.45) is 3.92. The molecule has 7 nitrogen and oxygen atoms in total. The van der Waals surface area contributed by atoms with Crippen LogP contribution in [0.15, 0.2) is 36.5 Å². The van der Waals surface area contributed by atoms with Crippen LogP contribution in [0.3, 0.4) is 0 Å². The lowest BCUT2D eigenvalue weighted by molar-refractivity contribution is 0.0766. The van der Waals surface area contributed by atoms with Crippen molar-refractivity contribution in [1.29, 1.82) is 0 Å². The fourth-order valence-corrected chi connectivity index (χ4v) is 3.70. The van der Waals surface area contributed by atoms with Crippen molar-refractivity contribution in [1.82, 2.24) is 24.9 Å². The summed E-state index contributed by atoms with van der Waals surface area (Å²) >= 11 is 0. The quantitative estimate of drug-likeness (QED) is 0.714. The van der Waals surface area contributed by atoms with E-state index in [1.54, 1.807) is 18.0 Å². The van der Waals surface area contributed by atoms with E-state index in [2.05, 4.69) is 21.4 Å². The van der Waals surface area contributed by atoms with Gasteiger partial charge >= 0.3 is 0 Å². The third-order valence-electron chi connectivity index (χ3n) is 5.27. The molecule has 1 aromatic carbocycles. The number of pyridine rings is 1. The summed E-state index contributed by atoms with van der Waals surface area (Å²) in [6, 6.07) is 10.1. The van der Waals surface area contributed by atoms with Gasteiger partial charge in [0.1, 0.15) is 11.4 Å². The van der Waals surface area contributed by atoms with Crippen molar-refractivity contribution in [2.24, 2.45) is 0 Å². The molecule has 27 heavy (non-hydrogen) atoms. The van der Waals surface area contributed by atoms with Gasteiger partial charge in [0.25, 0.3) is 5.91 Å². The van der Waals surface area contributed by atoms with E-state index in [1.807, 2.05) is 36.1 Å². The minimum absolute atomic E-state index is 0.152. The largest absolute Gasteiger partial charge is 0.479 e. The molecule has 1 fully saturated rings. The number of hydrogen-bond donors (Lipinski definition) is 0. The zero-order chi connectivity index (χ0) is 18.5. The average Bonchev–Trinajstić information content (AvgIpc) is 3.39. The molecule has 2 aromatic heterocycles. The second-order valence-electron chi connectivity index (χ2n) is 7.00. The van der Waals surface area contributed by atoms with E-state index in [0.29, 0.717) is 18.5 Å². The summed E-state index contributed by atoms with van der Waals surface area (Å²) in [5, 5.41) is 8.68. The van der Waals surface area contributed by atoms with Crippen molar-refractivity contribution in [3.63, 3.8) is 0 Å². The second kappa shape index (κ2) is 5.90. The summed E-state index contributed by atoms with van der Waals surface area (Å²) in [4.78, 5) is 18.7. The van der Waals surface area contributed by atoms with Crippen LogP contribution in [0.2, 0.25) is 0 Å². The summed E-state index contributed by atoms with van der Waals surface area (Å²) in [5.41, 5.74) is 5.27. The molecule has 0 saturated heterocycles. The molecule has 0 spiro atoms. The first-order chi connectivity index (χ1) is 13.2. The van der Waals surface area contributed by atoms with Crippen LogP contribution >= 0.6 is 0 Å². The Labute approximate surface area is 156 Å². The van der Waals surface area contributed by atoms with Gasteiger partial charge in [-0.3, -0.25) is 4.79 Å². The number of carbonyl (C=O) groups is 1. The summed E-state index contributed by atoms with van der Waals surface area (Å²) in [5.74, 6) is 0.649. The van der Waals surface area contributed by atoms with Crippen LogP contribution in [0.25, 0.3) is 16.9 Å². The zero-order valence-corrected chi connectivity index (χ0v) is 15.2. The lowest BCUT2D eigenvalue weighted by Crippen LogP contribution is -2.25. The van der Waals surface area contributed by atoms with Crippen molar-refractivity contribution in [2.45, 2.75) is 32.4 Å². The van der Waals surface area contributed by atoms with E-state index in [-0.39, 0.29) is 5.91 Å². The number of methoxy groups -OCH3 is 1. The smallest absolute Gasteiger partial charge is 0.254 e. The van der Waals surface area contributed by atoms with Gasteiger partial charge in [0.15, 0.2) is 0 Å². The van der Waals surface area contributed by atoms with Crippen molar-refractivity contribution >= 4 is 5.91 Å². The molecule has 1 amide bonds. The first-order valence-electron chi connectivity index (χ1n) is 9.03. The molecule has 1 aliphatic carbocycles. The van der Waals surface area contributed by atoms with Gasteiger partial charge in [-0.15, -0.1) is 5.10 Å². The highest BCUT2D eigenvalue weighted by atomic mass is 16.5.